The lowest BCUT2D eigenvalue weighted by Crippen LogP contribution is -2.40. The van der Waals surface area contributed by atoms with Crippen molar-refractivity contribution in [3.63, 3.8) is 0 Å². The molecule has 0 spiro atoms. The molecule has 0 aromatic carbocycles. The van der Waals surface area contributed by atoms with Gasteiger partial charge in [-0.05, 0) is 12.8 Å². The normalized spacial score (nSPS) is 28.7. The molecule has 1 fully saturated rings. The lowest BCUT2D eigenvalue weighted by atomic mass is 10.2. The van der Waals surface area contributed by atoms with Crippen molar-refractivity contribution >= 4 is 17.3 Å². The first-order valence-electron chi connectivity index (χ1n) is 5.91. The topological polar surface area (TPSA) is 63.7 Å². The largest absolute Gasteiger partial charge is 0.376 e. The zero-order valence-electron chi connectivity index (χ0n) is 9.58. The van der Waals surface area contributed by atoms with E-state index < -0.39 is 0 Å². The standard InChI is InChI=1S/C11H16N4OS/c12-11-14-4-9(10-5-13-7-17-10)15(11)6-8-2-1-3-16-8/h5,7-9H,1-4,6H2,(H2,12,14). The fraction of sp³-hybridized carbons (Fsp3) is 0.636. The third-order valence-corrected chi connectivity index (χ3v) is 4.18. The van der Waals surface area contributed by atoms with E-state index in [-0.39, 0.29) is 6.04 Å². The molecule has 0 aliphatic carbocycles. The van der Waals surface area contributed by atoms with Crippen LogP contribution in [0.2, 0.25) is 0 Å². The van der Waals surface area contributed by atoms with E-state index in [2.05, 4.69) is 14.9 Å². The predicted octanol–water partition coefficient (Wildman–Crippen LogP) is 0.993. The number of hydrogen-bond donors (Lipinski definition) is 1. The summed E-state index contributed by atoms with van der Waals surface area (Å²) in [6.07, 6.45) is 4.49. The number of nitrogens with zero attached hydrogens (tertiary/aromatic N) is 3. The Morgan fingerprint density at radius 1 is 1.59 bits per heavy atom. The summed E-state index contributed by atoms with van der Waals surface area (Å²) in [5.41, 5.74) is 7.81. The number of nitrogens with two attached hydrogens (primary N) is 1. The minimum atomic E-state index is 0.256. The van der Waals surface area contributed by atoms with Crippen molar-refractivity contribution in [1.82, 2.24) is 9.88 Å². The highest BCUT2D eigenvalue weighted by Gasteiger charge is 2.31. The van der Waals surface area contributed by atoms with Crippen molar-refractivity contribution in [3.8, 4) is 0 Å². The maximum atomic E-state index is 5.96. The summed E-state index contributed by atoms with van der Waals surface area (Å²) in [6.45, 7) is 2.46. The molecule has 92 valence electrons. The summed E-state index contributed by atoms with van der Waals surface area (Å²) in [5, 5.41) is 0. The van der Waals surface area contributed by atoms with Crippen molar-refractivity contribution < 1.29 is 4.74 Å². The third kappa shape index (κ3) is 2.14. The molecule has 1 aromatic rings. The average Bonchev–Trinajstić information content (AvgIpc) is 3.03. The van der Waals surface area contributed by atoms with E-state index in [1.807, 2.05) is 11.7 Å². The molecule has 6 heteroatoms. The lowest BCUT2D eigenvalue weighted by molar-refractivity contribution is 0.0855. The van der Waals surface area contributed by atoms with Crippen LogP contribution in [0.15, 0.2) is 16.7 Å². The molecular formula is C11H16N4OS. The zero-order valence-corrected chi connectivity index (χ0v) is 10.4. The molecule has 17 heavy (non-hydrogen) atoms. The quantitative estimate of drug-likeness (QED) is 0.871. The van der Waals surface area contributed by atoms with E-state index in [0.717, 1.165) is 32.5 Å². The van der Waals surface area contributed by atoms with Gasteiger partial charge in [0, 0.05) is 24.2 Å². The van der Waals surface area contributed by atoms with Gasteiger partial charge < -0.3 is 15.4 Å². The van der Waals surface area contributed by atoms with E-state index in [9.17, 15) is 0 Å². The van der Waals surface area contributed by atoms with Crippen LogP contribution in [0, 0.1) is 0 Å². The van der Waals surface area contributed by atoms with Crippen molar-refractivity contribution in [1.29, 1.82) is 0 Å². The van der Waals surface area contributed by atoms with Gasteiger partial charge in [0.2, 0.25) is 0 Å². The molecular weight excluding hydrogens is 236 g/mol. The van der Waals surface area contributed by atoms with Gasteiger partial charge in [0.05, 0.1) is 24.2 Å². The highest BCUT2D eigenvalue weighted by atomic mass is 32.1. The summed E-state index contributed by atoms with van der Waals surface area (Å²) in [5.74, 6) is 0.638. The highest BCUT2D eigenvalue weighted by Crippen LogP contribution is 2.29. The molecule has 3 rings (SSSR count). The fourth-order valence-corrected chi connectivity index (χ4v) is 3.12. The molecule has 1 saturated heterocycles. The van der Waals surface area contributed by atoms with E-state index in [1.165, 1.54) is 4.88 Å². The Morgan fingerprint density at radius 2 is 2.53 bits per heavy atom. The molecule has 2 aliphatic rings. The highest BCUT2D eigenvalue weighted by molar-refractivity contribution is 7.09. The van der Waals surface area contributed by atoms with Crippen LogP contribution < -0.4 is 5.73 Å². The minimum absolute atomic E-state index is 0.256. The summed E-state index contributed by atoms with van der Waals surface area (Å²) >= 11 is 1.66. The molecule has 2 aliphatic heterocycles. The monoisotopic (exact) mass is 252 g/mol. The van der Waals surface area contributed by atoms with Crippen molar-refractivity contribution in [2.45, 2.75) is 25.0 Å². The Labute approximate surface area is 104 Å². The number of ether oxygens (including phenoxy) is 1. The van der Waals surface area contributed by atoms with Gasteiger partial charge in [0.1, 0.15) is 0 Å². The molecule has 5 nitrogen and oxygen atoms in total. The van der Waals surface area contributed by atoms with Crippen LogP contribution >= 0.6 is 11.3 Å². The fourth-order valence-electron chi connectivity index (χ4n) is 2.39. The summed E-state index contributed by atoms with van der Waals surface area (Å²) in [4.78, 5) is 11.9. The van der Waals surface area contributed by atoms with Crippen LogP contribution in [0.5, 0.6) is 0 Å². The molecule has 0 radical (unpaired) electrons. The number of thiazole rings is 1. The predicted molar refractivity (Wildman–Crippen MR) is 67.0 cm³/mol. The van der Waals surface area contributed by atoms with E-state index in [4.69, 9.17) is 10.5 Å². The molecule has 2 N–H and O–H groups in total. The van der Waals surface area contributed by atoms with Crippen LogP contribution in [0.3, 0.4) is 0 Å². The first-order chi connectivity index (χ1) is 8.34. The van der Waals surface area contributed by atoms with Crippen LogP contribution in [0.4, 0.5) is 0 Å². The maximum Gasteiger partial charge on any atom is 0.192 e. The molecule has 1 aromatic heterocycles. The maximum absolute atomic E-state index is 5.96. The first kappa shape index (κ1) is 11.0. The van der Waals surface area contributed by atoms with Crippen molar-refractivity contribution in [3.05, 3.63) is 16.6 Å². The van der Waals surface area contributed by atoms with Crippen LogP contribution in [-0.2, 0) is 4.74 Å². The Kier molecular flexibility index (Phi) is 2.98. The Hall–Kier alpha value is -1.14. The van der Waals surface area contributed by atoms with Crippen LogP contribution in [0.1, 0.15) is 23.8 Å². The zero-order chi connectivity index (χ0) is 11.7. The smallest absolute Gasteiger partial charge is 0.192 e. The van der Waals surface area contributed by atoms with Gasteiger partial charge in [-0.3, -0.25) is 9.98 Å². The SMILES string of the molecule is NC1=NCC(c2cncs2)N1CC1CCCO1. The number of rotatable bonds is 3. The summed E-state index contributed by atoms with van der Waals surface area (Å²) in [6, 6.07) is 0.256. The van der Waals surface area contributed by atoms with Gasteiger partial charge in [-0.2, -0.15) is 0 Å². The molecule has 2 atom stereocenters. The van der Waals surface area contributed by atoms with Crippen molar-refractivity contribution in [2.24, 2.45) is 10.7 Å². The van der Waals surface area contributed by atoms with E-state index in [0.29, 0.717) is 12.1 Å². The number of hydrogen-bond acceptors (Lipinski definition) is 6. The Balaban J connectivity index is 1.72. The van der Waals surface area contributed by atoms with Gasteiger partial charge >= 0.3 is 0 Å². The molecule has 0 saturated carbocycles. The second-order valence-corrected chi connectivity index (χ2v) is 5.32. The van der Waals surface area contributed by atoms with Crippen molar-refractivity contribution in [2.75, 3.05) is 19.7 Å². The van der Waals surface area contributed by atoms with Gasteiger partial charge in [-0.15, -0.1) is 11.3 Å². The van der Waals surface area contributed by atoms with Gasteiger partial charge in [0.15, 0.2) is 5.96 Å². The molecule has 0 amide bonds. The van der Waals surface area contributed by atoms with E-state index >= 15 is 0 Å². The lowest BCUT2D eigenvalue weighted by Gasteiger charge is -2.27. The molecule has 3 heterocycles. The van der Waals surface area contributed by atoms with Gasteiger partial charge in [-0.25, -0.2) is 0 Å². The number of aromatic nitrogens is 1. The molecule has 2 unspecified atom stereocenters. The first-order valence-corrected chi connectivity index (χ1v) is 6.79. The van der Waals surface area contributed by atoms with Gasteiger partial charge in [0.25, 0.3) is 0 Å². The van der Waals surface area contributed by atoms with Gasteiger partial charge in [-0.1, -0.05) is 0 Å². The average molecular weight is 252 g/mol. The van der Waals surface area contributed by atoms with Crippen LogP contribution in [-0.4, -0.2) is 41.6 Å². The second-order valence-electron chi connectivity index (χ2n) is 4.41. The third-order valence-electron chi connectivity index (χ3n) is 3.30. The Morgan fingerprint density at radius 3 is 3.24 bits per heavy atom. The second kappa shape index (κ2) is 4.62. The number of guanidine groups is 1. The Bertz CT molecular complexity index is 400. The van der Waals surface area contributed by atoms with Crippen LogP contribution in [0.25, 0.3) is 0 Å². The number of aliphatic imine (C=N–C) groups is 1. The summed E-state index contributed by atoms with van der Waals surface area (Å²) in [7, 11) is 0. The van der Waals surface area contributed by atoms with E-state index in [1.54, 1.807) is 11.3 Å². The minimum Gasteiger partial charge on any atom is -0.376 e. The summed E-state index contributed by atoms with van der Waals surface area (Å²) < 4.78 is 5.66. The molecule has 0 bridgehead atoms.